The van der Waals surface area contributed by atoms with E-state index < -0.39 is 0 Å². The molecular formula is C13H26N2. The lowest BCUT2D eigenvalue weighted by Gasteiger charge is -2.31. The van der Waals surface area contributed by atoms with E-state index in [1.165, 1.54) is 38.9 Å². The van der Waals surface area contributed by atoms with E-state index in [2.05, 4.69) is 31.0 Å². The Balaban J connectivity index is 1.92. The van der Waals surface area contributed by atoms with Gasteiger partial charge in [0.2, 0.25) is 0 Å². The Morgan fingerprint density at radius 2 is 1.80 bits per heavy atom. The predicted molar refractivity (Wildman–Crippen MR) is 65.0 cm³/mol. The van der Waals surface area contributed by atoms with Gasteiger partial charge in [0.1, 0.15) is 0 Å². The molecule has 15 heavy (non-hydrogen) atoms. The second kappa shape index (κ2) is 4.84. The van der Waals surface area contributed by atoms with Crippen molar-refractivity contribution in [2.45, 2.75) is 52.1 Å². The predicted octanol–water partition coefficient (Wildman–Crippen LogP) is 2.10. The normalized spacial score (nSPS) is 44.2. The molecule has 4 atom stereocenters. The average molecular weight is 210 g/mol. The maximum Gasteiger partial charge on any atom is 0.0124 e. The SMILES string of the molecule is CC1CCN(C2CCC(C)C2C)CCN1. The lowest BCUT2D eigenvalue weighted by atomic mass is 9.96. The maximum atomic E-state index is 3.58. The van der Waals surface area contributed by atoms with Gasteiger partial charge in [0.05, 0.1) is 0 Å². The average Bonchev–Trinajstić information content (AvgIpc) is 2.43. The summed E-state index contributed by atoms with van der Waals surface area (Å²) in [5, 5.41) is 3.58. The molecule has 1 saturated carbocycles. The molecule has 0 aromatic rings. The second-order valence-electron chi connectivity index (χ2n) is 5.66. The number of nitrogens with one attached hydrogen (secondary N) is 1. The first-order chi connectivity index (χ1) is 7.18. The van der Waals surface area contributed by atoms with Crippen molar-refractivity contribution in [3.8, 4) is 0 Å². The molecular weight excluding hydrogens is 184 g/mol. The standard InChI is InChI=1S/C13H26N2/c1-10-4-5-13(12(10)3)15-8-6-11(2)14-7-9-15/h10-14H,4-9H2,1-3H3. The van der Waals surface area contributed by atoms with E-state index in [-0.39, 0.29) is 0 Å². The Labute approximate surface area is 94.4 Å². The quantitative estimate of drug-likeness (QED) is 0.713. The van der Waals surface area contributed by atoms with Gasteiger partial charge in [-0.05, 0) is 44.6 Å². The molecule has 4 unspecified atom stereocenters. The van der Waals surface area contributed by atoms with Gasteiger partial charge in [-0.15, -0.1) is 0 Å². The van der Waals surface area contributed by atoms with Gasteiger partial charge in [-0.3, -0.25) is 4.90 Å². The summed E-state index contributed by atoms with van der Waals surface area (Å²) in [7, 11) is 0. The first-order valence-electron chi connectivity index (χ1n) is 6.66. The van der Waals surface area contributed by atoms with Gasteiger partial charge in [-0.2, -0.15) is 0 Å². The molecule has 2 fully saturated rings. The van der Waals surface area contributed by atoms with Gasteiger partial charge < -0.3 is 5.32 Å². The lowest BCUT2D eigenvalue weighted by molar-refractivity contribution is 0.166. The maximum absolute atomic E-state index is 3.58. The monoisotopic (exact) mass is 210 g/mol. The van der Waals surface area contributed by atoms with E-state index in [1.807, 2.05) is 0 Å². The van der Waals surface area contributed by atoms with Crippen molar-refractivity contribution in [3.05, 3.63) is 0 Å². The minimum Gasteiger partial charge on any atom is -0.313 e. The molecule has 0 radical (unpaired) electrons. The smallest absolute Gasteiger partial charge is 0.0124 e. The molecule has 2 heteroatoms. The molecule has 1 aliphatic heterocycles. The topological polar surface area (TPSA) is 15.3 Å². The van der Waals surface area contributed by atoms with E-state index in [1.54, 1.807) is 0 Å². The summed E-state index contributed by atoms with van der Waals surface area (Å²) in [5.41, 5.74) is 0. The fourth-order valence-electron chi connectivity index (χ4n) is 3.21. The first-order valence-corrected chi connectivity index (χ1v) is 6.66. The molecule has 1 saturated heterocycles. The minimum absolute atomic E-state index is 0.712. The molecule has 0 aromatic carbocycles. The summed E-state index contributed by atoms with van der Waals surface area (Å²) in [6.45, 7) is 10.9. The van der Waals surface area contributed by atoms with Crippen LogP contribution in [0.25, 0.3) is 0 Å². The van der Waals surface area contributed by atoms with Crippen LogP contribution in [-0.4, -0.2) is 36.6 Å². The van der Waals surface area contributed by atoms with Crippen LogP contribution in [0.4, 0.5) is 0 Å². The summed E-state index contributed by atoms with van der Waals surface area (Å²) < 4.78 is 0. The van der Waals surface area contributed by atoms with E-state index in [0.29, 0.717) is 6.04 Å². The van der Waals surface area contributed by atoms with Crippen LogP contribution in [0.15, 0.2) is 0 Å². The van der Waals surface area contributed by atoms with Gasteiger partial charge in [0.25, 0.3) is 0 Å². The molecule has 2 aliphatic rings. The first kappa shape index (κ1) is 11.4. The van der Waals surface area contributed by atoms with Crippen LogP contribution in [0.5, 0.6) is 0 Å². The van der Waals surface area contributed by atoms with Crippen LogP contribution in [0, 0.1) is 11.8 Å². The Morgan fingerprint density at radius 1 is 1.00 bits per heavy atom. The van der Waals surface area contributed by atoms with Gasteiger partial charge >= 0.3 is 0 Å². The van der Waals surface area contributed by atoms with Crippen LogP contribution < -0.4 is 5.32 Å². The molecule has 0 aromatic heterocycles. The van der Waals surface area contributed by atoms with E-state index in [4.69, 9.17) is 0 Å². The van der Waals surface area contributed by atoms with Gasteiger partial charge in [0.15, 0.2) is 0 Å². The van der Waals surface area contributed by atoms with Gasteiger partial charge in [0, 0.05) is 25.2 Å². The van der Waals surface area contributed by atoms with Crippen LogP contribution in [0.1, 0.15) is 40.0 Å². The Hall–Kier alpha value is -0.0800. The summed E-state index contributed by atoms with van der Waals surface area (Å²) in [5.74, 6) is 1.84. The molecule has 1 N–H and O–H groups in total. The Kier molecular flexibility index (Phi) is 3.68. The van der Waals surface area contributed by atoms with Crippen molar-refractivity contribution in [1.29, 1.82) is 0 Å². The highest BCUT2D eigenvalue weighted by Gasteiger charge is 2.34. The number of rotatable bonds is 1. The van der Waals surface area contributed by atoms with Crippen molar-refractivity contribution in [2.75, 3.05) is 19.6 Å². The third kappa shape index (κ3) is 2.54. The fourth-order valence-corrected chi connectivity index (χ4v) is 3.21. The van der Waals surface area contributed by atoms with Crippen molar-refractivity contribution in [3.63, 3.8) is 0 Å². The van der Waals surface area contributed by atoms with Crippen molar-refractivity contribution >= 4 is 0 Å². The fraction of sp³-hybridized carbons (Fsp3) is 1.00. The highest BCUT2D eigenvalue weighted by Crippen LogP contribution is 2.34. The van der Waals surface area contributed by atoms with E-state index >= 15 is 0 Å². The lowest BCUT2D eigenvalue weighted by Crippen LogP contribution is -2.40. The Morgan fingerprint density at radius 3 is 2.47 bits per heavy atom. The van der Waals surface area contributed by atoms with Crippen molar-refractivity contribution in [2.24, 2.45) is 11.8 Å². The Bertz CT molecular complexity index is 205. The van der Waals surface area contributed by atoms with Crippen LogP contribution >= 0.6 is 0 Å². The zero-order chi connectivity index (χ0) is 10.8. The molecule has 2 rings (SSSR count). The minimum atomic E-state index is 0.712. The molecule has 2 nitrogen and oxygen atoms in total. The number of hydrogen-bond donors (Lipinski definition) is 1. The number of nitrogens with zero attached hydrogens (tertiary/aromatic N) is 1. The molecule has 0 spiro atoms. The van der Waals surface area contributed by atoms with Crippen LogP contribution in [0.3, 0.4) is 0 Å². The van der Waals surface area contributed by atoms with Crippen LogP contribution in [-0.2, 0) is 0 Å². The molecule has 88 valence electrons. The molecule has 0 amide bonds. The van der Waals surface area contributed by atoms with Gasteiger partial charge in [-0.25, -0.2) is 0 Å². The summed E-state index contributed by atoms with van der Waals surface area (Å²) in [6.07, 6.45) is 4.18. The zero-order valence-corrected chi connectivity index (χ0v) is 10.5. The second-order valence-corrected chi connectivity index (χ2v) is 5.66. The highest BCUT2D eigenvalue weighted by atomic mass is 15.2. The van der Waals surface area contributed by atoms with Crippen molar-refractivity contribution < 1.29 is 0 Å². The van der Waals surface area contributed by atoms with Gasteiger partial charge in [-0.1, -0.05) is 13.8 Å². The van der Waals surface area contributed by atoms with Crippen LogP contribution in [0.2, 0.25) is 0 Å². The molecule has 1 heterocycles. The third-order valence-electron chi connectivity index (χ3n) is 4.63. The summed E-state index contributed by atoms with van der Waals surface area (Å²) in [6, 6.07) is 1.58. The molecule has 1 aliphatic carbocycles. The largest absolute Gasteiger partial charge is 0.313 e. The van der Waals surface area contributed by atoms with Crippen molar-refractivity contribution in [1.82, 2.24) is 10.2 Å². The summed E-state index contributed by atoms with van der Waals surface area (Å²) >= 11 is 0. The highest BCUT2D eigenvalue weighted by molar-refractivity contribution is 4.88. The molecule has 0 bridgehead atoms. The third-order valence-corrected chi connectivity index (χ3v) is 4.63. The zero-order valence-electron chi connectivity index (χ0n) is 10.5. The van der Waals surface area contributed by atoms with E-state index in [9.17, 15) is 0 Å². The summed E-state index contributed by atoms with van der Waals surface area (Å²) in [4.78, 5) is 2.74. The number of hydrogen-bond acceptors (Lipinski definition) is 2. The van der Waals surface area contributed by atoms with E-state index in [0.717, 1.165) is 17.9 Å².